The van der Waals surface area contributed by atoms with Crippen LogP contribution in [0.4, 0.5) is 8.78 Å². The van der Waals surface area contributed by atoms with Crippen molar-refractivity contribution in [2.75, 3.05) is 52.5 Å². The van der Waals surface area contributed by atoms with E-state index in [1.165, 1.54) is 45.2 Å². The number of hydrogen-bond donors (Lipinski definition) is 0. The normalized spacial score (nSPS) is 39.4. The first-order chi connectivity index (χ1) is 15.5. The maximum absolute atomic E-state index is 14.2. The van der Waals surface area contributed by atoms with E-state index < -0.39 is 12.3 Å². The first-order valence-corrected chi connectivity index (χ1v) is 13.4. The van der Waals surface area contributed by atoms with Gasteiger partial charge in [0.05, 0.1) is 25.4 Å². The molecule has 186 valence electrons. The minimum atomic E-state index is -0.791. The smallest absolute Gasteiger partial charge is 0.124 e. The maximum Gasteiger partial charge on any atom is 0.124 e. The molecular formula is C26H46F2N2O2. The van der Waals surface area contributed by atoms with Crippen molar-refractivity contribution in [3.63, 3.8) is 0 Å². The van der Waals surface area contributed by atoms with Gasteiger partial charge >= 0.3 is 0 Å². The van der Waals surface area contributed by atoms with Gasteiger partial charge in [0.1, 0.15) is 12.3 Å². The number of halogens is 2. The van der Waals surface area contributed by atoms with Gasteiger partial charge in [-0.25, -0.2) is 8.78 Å². The van der Waals surface area contributed by atoms with Crippen molar-refractivity contribution in [2.45, 2.75) is 89.8 Å². The third-order valence-corrected chi connectivity index (χ3v) is 8.73. The summed E-state index contributed by atoms with van der Waals surface area (Å²) in [6.45, 7) is 11.5. The van der Waals surface area contributed by atoms with Crippen molar-refractivity contribution >= 4 is 0 Å². The highest BCUT2D eigenvalue weighted by atomic mass is 19.1. The highest BCUT2D eigenvalue weighted by molar-refractivity contribution is 4.85. The summed E-state index contributed by atoms with van der Waals surface area (Å²) in [5, 5.41) is 0. The number of alkyl halides is 2. The third-order valence-electron chi connectivity index (χ3n) is 8.73. The summed E-state index contributed by atoms with van der Waals surface area (Å²) in [6, 6.07) is 0. The molecule has 0 amide bonds. The largest absolute Gasteiger partial charge is 0.374 e. The summed E-state index contributed by atoms with van der Waals surface area (Å²) >= 11 is 0. The van der Waals surface area contributed by atoms with Crippen molar-refractivity contribution < 1.29 is 18.3 Å². The molecule has 4 nitrogen and oxygen atoms in total. The molecule has 4 rings (SSSR count). The summed E-state index contributed by atoms with van der Waals surface area (Å²) in [5.74, 6) is 2.24. The molecule has 0 aromatic heterocycles. The quantitative estimate of drug-likeness (QED) is 0.554. The zero-order chi connectivity index (χ0) is 22.5. The summed E-state index contributed by atoms with van der Waals surface area (Å²) in [6.07, 6.45) is 7.41. The molecule has 4 aliphatic rings. The predicted molar refractivity (Wildman–Crippen MR) is 124 cm³/mol. The molecule has 0 bridgehead atoms. The Morgan fingerprint density at radius 3 is 1.94 bits per heavy atom. The van der Waals surface area contributed by atoms with Crippen LogP contribution in [0, 0.1) is 23.7 Å². The van der Waals surface area contributed by atoms with Crippen molar-refractivity contribution in [2.24, 2.45) is 23.7 Å². The van der Waals surface area contributed by atoms with E-state index in [9.17, 15) is 8.78 Å². The summed E-state index contributed by atoms with van der Waals surface area (Å²) in [4.78, 5) is 5.06. The van der Waals surface area contributed by atoms with Crippen LogP contribution in [-0.2, 0) is 9.47 Å². The lowest BCUT2D eigenvalue weighted by Gasteiger charge is -2.40. The zero-order valence-electron chi connectivity index (χ0n) is 20.4. The second kappa shape index (κ2) is 11.9. The van der Waals surface area contributed by atoms with Crippen LogP contribution in [-0.4, -0.2) is 86.8 Å². The Balaban J connectivity index is 1.18. The molecular weight excluding hydrogens is 410 g/mol. The average Bonchev–Trinajstić information content (AvgIpc) is 2.78. The van der Waals surface area contributed by atoms with Gasteiger partial charge in [0, 0.05) is 13.1 Å². The lowest BCUT2D eigenvalue weighted by atomic mass is 9.83. The van der Waals surface area contributed by atoms with Crippen LogP contribution in [0.1, 0.15) is 65.2 Å². The fourth-order valence-electron chi connectivity index (χ4n) is 6.33. The Hall–Kier alpha value is -0.300. The number of nitrogens with zero attached hydrogens (tertiary/aromatic N) is 2. The lowest BCUT2D eigenvalue weighted by Crippen LogP contribution is -2.46. The molecule has 6 atom stereocenters. The number of likely N-dealkylation sites (tertiary alicyclic amines) is 2. The summed E-state index contributed by atoms with van der Waals surface area (Å²) < 4.78 is 39.5. The molecule has 0 aliphatic carbocycles. The van der Waals surface area contributed by atoms with Gasteiger partial charge in [0.25, 0.3) is 0 Å². The maximum atomic E-state index is 14.2. The topological polar surface area (TPSA) is 24.9 Å². The van der Waals surface area contributed by atoms with E-state index in [1.807, 2.05) is 0 Å². The van der Waals surface area contributed by atoms with Gasteiger partial charge in [-0.05, 0) is 101 Å². The van der Waals surface area contributed by atoms with E-state index in [0.717, 1.165) is 44.4 Å². The highest BCUT2D eigenvalue weighted by Crippen LogP contribution is 2.33. The molecule has 32 heavy (non-hydrogen) atoms. The van der Waals surface area contributed by atoms with Gasteiger partial charge in [0.2, 0.25) is 0 Å². The standard InChI is InChI=1S/C26H46F2N2O2/c1-19-5-9-29(10-6-19)16-26-22(14-24(28)18-32-26)4-3-21-7-11-30(12-8-21)15-25-20(2)13-23(27)17-31-25/h19-26H,3-18H2,1-2H3. The molecule has 4 heterocycles. The number of ether oxygens (including phenoxy) is 2. The molecule has 0 spiro atoms. The Morgan fingerprint density at radius 1 is 0.719 bits per heavy atom. The molecule has 4 aliphatic heterocycles. The molecule has 0 radical (unpaired) electrons. The molecule has 0 aromatic carbocycles. The fourth-order valence-corrected chi connectivity index (χ4v) is 6.33. The van der Waals surface area contributed by atoms with Crippen molar-refractivity contribution in [1.29, 1.82) is 0 Å². The molecule has 0 saturated carbocycles. The first kappa shape index (κ1) is 24.8. The van der Waals surface area contributed by atoms with E-state index in [2.05, 4.69) is 23.6 Å². The Morgan fingerprint density at radius 2 is 1.28 bits per heavy atom. The van der Waals surface area contributed by atoms with Crippen LogP contribution in [0.5, 0.6) is 0 Å². The number of piperidine rings is 2. The molecule has 4 saturated heterocycles. The van der Waals surface area contributed by atoms with Gasteiger partial charge in [-0.2, -0.15) is 0 Å². The number of rotatable bonds is 7. The van der Waals surface area contributed by atoms with Crippen molar-refractivity contribution in [3.8, 4) is 0 Å². The summed E-state index contributed by atoms with van der Waals surface area (Å²) in [5.41, 5.74) is 0. The van der Waals surface area contributed by atoms with Gasteiger partial charge in [0.15, 0.2) is 0 Å². The van der Waals surface area contributed by atoms with Crippen LogP contribution in [0.3, 0.4) is 0 Å². The van der Waals surface area contributed by atoms with Crippen LogP contribution in [0.15, 0.2) is 0 Å². The molecule has 0 N–H and O–H groups in total. The first-order valence-electron chi connectivity index (χ1n) is 13.4. The van der Waals surface area contributed by atoms with E-state index in [-0.39, 0.29) is 25.4 Å². The van der Waals surface area contributed by atoms with Crippen LogP contribution in [0.2, 0.25) is 0 Å². The van der Waals surface area contributed by atoms with Crippen LogP contribution in [0.25, 0.3) is 0 Å². The van der Waals surface area contributed by atoms with Crippen molar-refractivity contribution in [1.82, 2.24) is 9.80 Å². The Labute approximate surface area is 194 Å². The van der Waals surface area contributed by atoms with Crippen LogP contribution >= 0.6 is 0 Å². The van der Waals surface area contributed by atoms with Crippen molar-refractivity contribution in [3.05, 3.63) is 0 Å². The van der Waals surface area contributed by atoms with E-state index in [4.69, 9.17) is 9.47 Å². The second-order valence-electron chi connectivity index (χ2n) is 11.5. The minimum Gasteiger partial charge on any atom is -0.374 e. The van der Waals surface area contributed by atoms with E-state index >= 15 is 0 Å². The second-order valence-corrected chi connectivity index (χ2v) is 11.5. The predicted octanol–water partition coefficient (Wildman–Crippen LogP) is 4.72. The zero-order valence-corrected chi connectivity index (χ0v) is 20.4. The Bertz CT molecular complexity index is 552. The SMILES string of the molecule is CC1CCN(CC2OCC(F)CC2CCC2CCN(CC3OCC(F)CC3C)CC2)CC1. The van der Waals surface area contributed by atoms with Gasteiger partial charge in [-0.15, -0.1) is 0 Å². The van der Waals surface area contributed by atoms with E-state index in [0.29, 0.717) is 24.7 Å². The Kier molecular flexibility index (Phi) is 9.23. The number of hydrogen-bond acceptors (Lipinski definition) is 4. The summed E-state index contributed by atoms with van der Waals surface area (Å²) in [7, 11) is 0. The average molecular weight is 457 g/mol. The minimum absolute atomic E-state index is 0.179. The fraction of sp³-hybridized carbons (Fsp3) is 1.00. The lowest BCUT2D eigenvalue weighted by molar-refractivity contribution is -0.0840. The van der Waals surface area contributed by atoms with Gasteiger partial charge in [-0.3, -0.25) is 0 Å². The van der Waals surface area contributed by atoms with Gasteiger partial charge < -0.3 is 19.3 Å². The van der Waals surface area contributed by atoms with E-state index in [1.54, 1.807) is 0 Å². The van der Waals surface area contributed by atoms with Crippen LogP contribution < -0.4 is 0 Å². The molecule has 6 unspecified atom stereocenters. The highest BCUT2D eigenvalue weighted by Gasteiger charge is 2.34. The molecule has 6 heteroatoms. The van der Waals surface area contributed by atoms with Gasteiger partial charge in [-0.1, -0.05) is 13.8 Å². The monoisotopic (exact) mass is 456 g/mol. The molecule has 0 aromatic rings. The molecule has 4 fully saturated rings. The third kappa shape index (κ3) is 7.10.